The van der Waals surface area contributed by atoms with Crippen LogP contribution in [0.1, 0.15) is 51.7 Å². The summed E-state index contributed by atoms with van der Waals surface area (Å²) in [5.74, 6) is 0.622. The Kier molecular flexibility index (Phi) is 8.12. The van der Waals surface area contributed by atoms with Crippen LogP contribution in [0.3, 0.4) is 0 Å². The van der Waals surface area contributed by atoms with Gasteiger partial charge in [0.2, 0.25) is 5.89 Å². The Morgan fingerprint density at radius 1 is 0.581 bits per heavy atom. The molecule has 8 aromatic carbocycles. The van der Waals surface area contributed by atoms with E-state index >= 15 is 0 Å². The summed E-state index contributed by atoms with van der Waals surface area (Å²) in [4.78, 5) is 5.03. The SMILES string of the molecule is CC1(C)CCC(C)(C)c2cc(Nc3ccccc3-c3cc(-c4ccccc4)c4c5cc(-c6ccccc6)ccc5n5c4c3[B]c3cc4nc(-c6ccccc6)oc4cc3-5)ccc21. The maximum Gasteiger partial charge on any atom is 0.227 e. The third-order valence-electron chi connectivity index (χ3n) is 13.7. The summed E-state index contributed by atoms with van der Waals surface area (Å²) in [5.41, 5.74) is 20.7. The number of aromatic nitrogens is 2. The molecular weight excluding hydrogens is 753 g/mol. The molecule has 0 fully saturated rings. The number of nitrogens with one attached hydrogen (secondary N) is 1. The Bertz CT molecular complexity index is 3400. The van der Waals surface area contributed by atoms with E-state index in [-0.39, 0.29) is 10.8 Å². The molecule has 1 aliphatic heterocycles. The van der Waals surface area contributed by atoms with Crippen molar-refractivity contribution in [1.29, 1.82) is 0 Å². The molecule has 1 radical (unpaired) electrons. The van der Waals surface area contributed by atoms with Crippen LogP contribution in [0.2, 0.25) is 0 Å². The largest absolute Gasteiger partial charge is 0.436 e. The maximum atomic E-state index is 6.54. The van der Waals surface area contributed by atoms with Crippen molar-refractivity contribution in [1.82, 2.24) is 9.55 Å². The number of hydrogen-bond acceptors (Lipinski definition) is 3. The minimum Gasteiger partial charge on any atom is -0.436 e. The summed E-state index contributed by atoms with van der Waals surface area (Å²) in [7, 11) is 2.38. The van der Waals surface area contributed by atoms with Crippen LogP contribution in [0.15, 0.2) is 174 Å². The van der Waals surface area contributed by atoms with Gasteiger partial charge in [-0.3, -0.25) is 0 Å². The molecule has 0 amide bonds. The zero-order valence-corrected chi connectivity index (χ0v) is 35.5. The number of hydrogen-bond donors (Lipinski definition) is 1. The van der Waals surface area contributed by atoms with Crippen LogP contribution in [0, 0.1) is 0 Å². The number of fused-ring (bicyclic) bond motifs is 7. The van der Waals surface area contributed by atoms with Gasteiger partial charge < -0.3 is 14.3 Å². The molecule has 0 bridgehead atoms. The molecule has 10 aromatic rings. The van der Waals surface area contributed by atoms with Gasteiger partial charge in [0.15, 0.2) is 12.9 Å². The predicted octanol–water partition coefficient (Wildman–Crippen LogP) is 13.7. The summed E-state index contributed by atoms with van der Waals surface area (Å²) in [6, 6.07) is 61.4. The minimum absolute atomic E-state index is 0.106. The van der Waals surface area contributed by atoms with Crippen LogP contribution in [-0.2, 0) is 10.8 Å². The average Bonchev–Trinajstić information content (AvgIpc) is 3.88. The van der Waals surface area contributed by atoms with Crippen LogP contribution in [0.25, 0.3) is 83.4 Å². The van der Waals surface area contributed by atoms with Crippen LogP contribution >= 0.6 is 0 Å². The monoisotopic (exact) mass is 798 g/mol. The molecular formula is C57H45BN3O. The fourth-order valence-corrected chi connectivity index (χ4v) is 10.3. The smallest absolute Gasteiger partial charge is 0.227 e. The molecule has 1 N–H and O–H groups in total. The van der Waals surface area contributed by atoms with Gasteiger partial charge >= 0.3 is 0 Å². The molecule has 62 heavy (non-hydrogen) atoms. The zero-order chi connectivity index (χ0) is 41.7. The molecule has 2 aromatic heterocycles. The van der Waals surface area contributed by atoms with Gasteiger partial charge in [-0.1, -0.05) is 142 Å². The van der Waals surface area contributed by atoms with E-state index in [0.29, 0.717) is 5.89 Å². The molecule has 297 valence electrons. The van der Waals surface area contributed by atoms with E-state index in [1.54, 1.807) is 0 Å². The molecule has 4 nitrogen and oxygen atoms in total. The third kappa shape index (κ3) is 5.79. The molecule has 12 rings (SSSR count). The maximum absolute atomic E-state index is 6.54. The van der Waals surface area contributed by atoms with Gasteiger partial charge in [0, 0.05) is 50.5 Å². The highest BCUT2D eigenvalue weighted by atomic mass is 16.3. The van der Waals surface area contributed by atoms with E-state index in [9.17, 15) is 0 Å². The normalized spacial score (nSPS) is 14.7. The van der Waals surface area contributed by atoms with Crippen molar-refractivity contribution in [3.05, 3.63) is 181 Å². The fraction of sp³-hybridized carbons (Fsp3) is 0.140. The lowest BCUT2D eigenvalue weighted by atomic mass is 9.58. The Morgan fingerprint density at radius 2 is 1.26 bits per heavy atom. The second-order valence-electron chi connectivity index (χ2n) is 18.5. The lowest BCUT2D eigenvalue weighted by Crippen LogP contribution is -2.37. The van der Waals surface area contributed by atoms with E-state index < -0.39 is 0 Å². The second kappa shape index (κ2) is 13.7. The van der Waals surface area contributed by atoms with E-state index in [2.05, 4.69) is 197 Å². The average molecular weight is 799 g/mol. The van der Waals surface area contributed by atoms with E-state index in [0.717, 1.165) is 50.3 Å². The lowest BCUT2D eigenvalue weighted by Gasteiger charge is -2.42. The first-order chi connectivity index (χ1) is 30.2. The number of benzene rings is 8. The molecule has 5 heteroatoms. The Labute approximate surface area is 363 Å². The van der Waals surface area contributed by atoms with Crippen molar-refractivity contribution < 1.29 is 4.42 Å². The van der Waals surface area contributed by atoms with Crippen molar-refractivity contribution in [2.45, 2.75) is 51.4 Å². The number of rotatable bonds is 6. The van der Waals surface area contributed by atoms with E-state index in [4.69, 9.17) is 9.40 Å². The first-order valence-corrected chi connectivity index (χ1v) is 21.8. The molecule has 1 aliphatic carbocycles. The number of anilines is 2. The Balaban J connectivity index is 1.12. The summed E-state index contributed by atoms with van der Waals surface area (Å²) >= 11 is 0. The topological polar surface area (TPSA) is 43.0 Å². The summed E-state index contributed by atoms with van der Waals surface area (Å²) in [6.45, 7) is 9.58. The first kappa shape index (κ1) is 36.7. The first-order valence-electron chi connectivity index (χ1n) is 21.8. The molecule has 0 saturated carbocycles. The molecule has 0 atom stereocenters. The quantitative estimate of drug-likeness (QED) is 0.170. The van der Waals surface area contributed by atoms with Crippen LogP contribution in [0.4, 0.5) is 11.4 Å². The molecule has 0 unspecified atom stereocenters. The van der Waals surface area contributed by atoms with Crippen molar-refractivity contribution in [3.63, 3.8) is 0 Å². The van der Waals surface area contributed by atoms with Gasteiger partial charge in [-0.05, 0) is 123 Å². The molecule has 2 aliphatic rings. The molecule has 3 heterocycles. The summed E-state index contributed by atoms with van der Waals surface area (Å²) in [5, 5.41) is 6.39. The molecule has 0 spiro atoms. The summed E-state index contributed by atoms with van der Waals surface area (Å²) in [6.07, 6.45) is 2.36. The number of nitrogens with zero attached hydrogens (tertiary/aromatic N) is 2. The number of oxazole rings is 1. The Morgan fingerprint density at radius 3 is 2.02 bits per heavy atom. The van der Waals surface area contributed by atoms with Crippen LogP contribution in [0.5, 0.6) is 0 Å². The lowest BCUT2D eigenvalue weighted by molar-refractivity contribution is 0.332. The van der Waals surface area contributed by atoms with Gasteiger partial charge in [0.1, 0.15) is 5.52 Å². The van der Waals surface area contributed by atoms with Gasteiger partial charge in [-0.25, -0.2) is 4.98 Å². The fourth-order valence-electron chi connectivity index (χ4n) is 10.3. The van der Waals surface area contributed by atoms with Crippen LogP contribution < -0.4 is 16.2 Å². The summed E-state index contributed by atoms with van der Waals surface area (Å²) < 4.78 is 9.02. The highest BCUT2D eigenvalue weighted by molar-refractivity contribution is 6.74. The second-order valence-corrected chi connectivity index (χ2v) is 18.5. The third-order valence-corrected chi connectivity index (χ3v) is 13.7. The van der Waals surface area contributed by atoms with Gasteiger partial charge in [0.25, 0.3) is 0 Å². The Hall–Kier alpha value is -7.11. The van der Waals surface area contributed by atoms with Gasteiger partial charge in [-0.2, -0.15) is 0 Å². The van der Waals surface area contributed by atoms with Crippen molar-refractivity contribution >= 4 is 62.5 Å². The minimum atomic E-state index is 0.106. The van der Waals surface area contributed by atoms with Gasteiger partial charge in [-0.15, -0.1) is 0 Å². The van der Waals surface area contributed by atoms with E-state index in [1.807, 2.05) is 18.2 Å². The zero-order valence-electron chi connectivity index (χ0n) is 35.5. The molecule has 0 saturated heterocycles. The van der Waals surface area contributed by atoms with Crippen molar-refractivity contribution in [3.8, 4) is 50.5 Å². The number of para-hydroxylation sites is 1. The van der Waals surface area contributed by atoms with E-state index in [1.165, 1.54) is 73.5 Å². The highest BCUT2D eigenvalue weighted by Crippen LogP contribution is 2.48. The predicted molar refractivity (Wildman–Crippen MR) is 260 cm³/mol. The van der Waals surface area contributed by atoms with Gasteiger partial charge in [0.05, 0.1) is 5.52 Å². The van der Waals surface area contributed by atoms with Crippen LogP contribution in [-0.4, -0.2) is 16.8 Å². The standard InChI is InChI=1S/C57H45BN3O/c1-56(2)28-29-57(3,4)45-31-39(25-26-44(45)56)59-47-23-15-14-22-40(47)42-32-41(36-18-10-6-11-19-36)52-43-30-38(35-16-8-5-9-17-35)24-27-49(43)61-50-34-51-48(33-46(50)58-53(42)54(52)61)60-55(62-51)37-20-12-7-13-21-37/h5-27,30-34,59H,28-29H2,1-4H3. The highest BCUT2D eigenvalue weighted by Gasteiger charge is 2.37. The van der Waals surface area contributed by atoms with Crippen molar-refractivity contribution in [2.75, 3.05) is 5.32 Å². The van der Waals surface area contributed by atoms with Crippen molar-refractivity contribution in [2.24, 2.45) is 0 Å².